The summed E-state index contributed by atoms with van der Waals surface area (Å²) < 4.78 is 72.4. The number of carbonyl (C=O) groups is 1. The molecule has 2 aromatic rings. The summed E-state index contributed by atoms with van der Waals surface area (Å²) in [5.41, 5.74) is 2.15. The lowest BCUT2D eigenvalue weighted by Gasteiger charge is -2.39. The molecule has 2 aromatic carbocycles. The highest BCUT2D eigenvalue weighted by molar-refractivity contribution is 7.93. The number of halogens is 3. The molecule has 15 heteroatoms. The molecular formula is C28H33F3N4O7S. The number of carbonyl (C=O) groups excluding carboxylic acids is 1. The lowest BCUT2D eigenvalue weighted by atomic mass is 9.94. The maximum Gasteiger partial charge on any atom is 0.573 e. The molecule has 2 fully saturated rings. The predicted octanol–water partition coefficient (Wildman–Crippen LogP) is 3.67. The number of rotatable bonds is 11. The molecule has 2 N–H and O–H groups in total. The van der Waals surface area contributed by atoms with Crippen LogP contribution in [0, 0.1) is 0 Å². The summed E-state index contributed by atoms with van der Waals surface area (Å²) >= 11 is 0. The van der Waals surface area contributed by atoms with Crippen molar-refractivity contribution in [1.29, 1.82) is 0 Å². The molecule has 2 aliphatic heterocycles. The van der Waals surface area contributed by atoms with Gasteiger partial charge in [-0.1, -0.05) is 5.16 Å². The van der Waals surface area contributed by atoms with Gasteiger partial charge in [0.05, 0.1) is 11.5 Å². The van der Waals surface area contributed by atoms with Crippen molar-refractivity contribution >= 4 is 21.6 Å². The highest BCUT2D eigenvalue weighted by Gasteiger charge is 2.54. The van der Waals surface area contributed by atoms with Gasteiger partial charge in [-0.3, -0.25) is 10.0 Å². The number of hydrogen-bond acceptors (Lipinski definition) is 10. The first-order valence-electron chi connectivity index (χ1n) is 13.9. The number of hydrogen-bond donors (Lipinski definition) is 2. The van der Waals surface area contributed by atoms with Gasteiger partial charge >= 0.3 is 6.36 Å². The first-order chi connectivity index (χ1) is 20.4. The molecule has 11 nitrogen and oxygen atoms in total. The Balaban J connectivity index is 1.12. The quantitative estimate of drug-likeness (QED) is 0.218. The minimum Gasteiger partial charge on any atom is -0.494 e. The molecule has 3 aliphatic rings. The first kappa shape index (κ1) is 30.9. The third-order valence-electron chi connectivity index (χ3n) is 8.07. The average Bonchev–Trinajstić information content (AvgIpc) is 3.77. The Labute approximate surface area is 247 Å². The largest absolute Gasteiger partial charge is 0.573 e. The Hall–Kier alpha value is -3.56. The van der Waals surface area contributed by atoms with E-state index in [-0.39, 0.29) is 23.5 Å². The summed E-state index contributed by atoms with van der Waals surface area (Å²) in [6, 6.07) is 11.7. The topological polar surface area (TPSA) is 130 Å². The second kappa shape index (κ2) is 12.2. The number of nitrogens with zero attached hydrogens (tertiary/aromatic N) is 3. The standard InChI is InChI=1S/C28H33F3N4O7S/c1-34-24(42-33-25(34)19-4-8-22(9-5-19)41-28(29,30)31)3-2-18-40-21-10-12-23(13-11-21)43(38,39)27(26(36)32-37)14-16-35(17-15-27)20-6-7-20/h4-5,8-13,20,24,37H,2-3,6-7,14-18H2,1H3,(H,32,36). The number of sulfone groups is 1. The highest BCUT2D eigenvalue weighted by Crippen LogP contribution is 2.39. The van der Waals surface area contributed by atoms with Crippen LogP contribution in [0.5, 0.6) is 11.5 Å². The summed E-state index contributed by atoms with van der Waals surface area (Å²) in [6.45, 7) is 1.23. The van der Waals surface area contributed by atoms with E-state index in [0.717, 1.165) is 12.8 Å². The molecule has 1 saturated heterocycles. The van der Waals surface area contributed by atoms with Gasteiger partial charge in [0, 0.05) is 38.2 Å². The van der Waals surface area contributed by atoms with Crippen molar-refractivity contribution in [1.82, 2.24) is 15.3 Å². The fourth-order valence-electron chi connectivity index (χ4n) is 5.49. The highest BCUT2D eigenvalue weighted by atomic mass is 32.2. The average molecular weight is 627 g/mol. The van der Waals surface area contributed by atoms with Crippen LogP contribution in [0.4, 0.5) is 13.2 Å². The van der Waals surface area contributed by atoms with Crippen molar-refractivity contribution in [3.05, 3.63) is 54.1 Å². The number of alkyl halides is 3. The number of likely N-dealkylation sites (tertiary alicyclic amines) is 1. The van der Waals surface area contributed by atoms with Gasteiger partial charge in [0.1, 0.15) is 11.5 Å². The van der Waals surface area contributed by atoms with Gasteiger partial charge in [-0.25, -0.2) is 13.9 Å². The minimum atomic E-state index is -4.77. The van der Waals surface area contributed by atoms with Gasteiger partial charge in [0.15, 0.2) is 20.4 Å². The van der Waals surface area contributed by atoms with E-state index in [1.54, 1.807) is 17.4 Å². The minimum absolute atomic E-state index is 0.0213. The second-order valence-electron chi connectivity index (χ2n) is 10.8. The van der Waals surface area contributed by atoms with Crippen LogP contribution in [0.1, 0.15) is 44.1 Å². The van der Waals surface area contributed by atoms with E-state index in [4.69, 9.17) is 9.57 Å². The molecule has 0 aromatic heterocycles. The number of amides is 1. The molecule has 0 bridgehead atoms. The summed E-state index contributed by atoms with van der Waals surface area (Å²) in [4.78, 5) is 22.1. The Bertz CT molecular complexity index is 1420. The maximum absolute atomic E-state index is 13.6. The van der Waals surface area contributed by atoms with E-state index >= 15 is 0 Å². The lowest BCUT2D eigenvalue weighted by Crippen LogP contribution is -2.58. The molecule has 234 valence electrons. The van der Waals surface area contributed by atoms with Gasteiger partial charge in [-0.05, 0) is 80.6 Å². The zero-order valence-corrected chi connectivity index (χ0v) is 24.2. The molecular weight excluding hydrogens is 593 g/mol. The van der Waals surface area contributed by atoms with Crippen molar-refractivity contribution in [3.63, 3.8) is 0 Å². The summed E-state index contributed by atoms with van der Waals surface area (Å²) in [6.07, 6.45) is -1.74. The zero-order chi connectivity index (χ0) is 30.8. The van der Waals surface area contributed by atoms with Crippen molar-refractivity contribution in [3.8, 4) is 11.5 Å². The monoisotopic (exact) mass is 626 g/mol. The number of amidine groups is 1. The van der Waals surface area contributed by atoms with Crippen LogP contribution in [0.25, 0.3) is 0 Å². The van der Waals surface area contributed by atoms with Crippen LogP contribution in [0.2, 0.25) is 0 Å². The molecule has 1 atom stereocenters. The Morgan fingerprint density at radius 1 is 1.09 bits per heavy atom. The molecule has 1 aliphatic carbocycles. The molecule has 1 unspecified atom stereocenters. The van der Waals surface area contributed by atoms with Crippen LogP contribution < -0.4 is 15.0 Å². The third kappa shape index (κ3) is 6.68. The molecule has 2 heterocycles. The third-order valence-corrected chi connectivity index (χ3v) is 10.6. The molecule has 1 saturated carbocycles. The molecule has 0 spiro atoms. The number of nitrogens with one attached hydrogen (secondary N) is 1. The molecule has 43 heavy (non-hydrogen) atoms. The molecule has 0 radical (unpaired) electrons. The fraction of sp³-hybridized carbons (Fsp3) is 0.500. The lowest BCUT2D eigenvalue weighted by molar-refractivity contribution is -0.274. The van der Waals surface area contributed by atoms with Crippen LogP contribution in [0.3, 0.4) is 0 Å². The second-order valence-corrected chi connectivity index (χ2v) is 13.1. The molecule has 5 rings (SSSR count). The van der Waals surface area contributed by atoms with Crippen LogP contribution in [-0.4, -0.2) is 85.3 Å². The zero-order valence-electron chi connectivity index (χ0n) is 23.4. The van der Waals surface area contributed by atoms with Gasteiger partial charge in [-0.15, -0.1) is 13.2 Å². The number of ether oxygens (including phenoxy) is 2. The number of oxime groups is 1. The van der Waals surface area contributed by atoms with Crippen LogP contribution >= 0.6 is 0 Å². The van der Waals surface area contributed by atoms with E-state index in [0.29, 0.717) is 55.7 Å². The summed E-state index contributed by atoms with van der Waals surface area (Å²) in [5.74, 6) is -0.335. The fourth-order valence-corrected chi connectivity index (χ4v) is 7.44. The van der Waals surface area contributed by atoms with Gasteiger partial charge < -0.3 is 24.1 Å². The Morgan fingerprint density at radius 3 is 2.30 bits per heavy atom. The van der Waals surface area contributed by atoms with E-state index in [2.05, 4.69) is 14.8 Å². The van der Waals surface area contributed by atoms with Crippen molar-refractivity contribution in [2.45, 2.75) is 66.8 Å². The maximum atomic E-state index is 13.6. The van der Waals surface area contributed by atoms with E-state index in [9.17, 15) is 31.6 Å². The van der Waals surface area contributed by atoms with E-state index in [1.807, 2.05) is 0 Å². The van der Waals surface area contributed by atoms with Crippen LogP contribution in [0.15, 0.2) is 58.6 Å². The summed E-state index contributed by atoms with van der Waals surface area (Å²) in [5, 5.41) is 13.4. The summed E-state index contributed by atoms with van der Waals surface area (Å²) in [7, 11) is -2.35. The van der Waals surface area contributed by atoms with E-state index in [1.165, 1.54) is 48.5 Å². The smallest absolute Gasteiger partial charge is 0.494 e. The normalized spacial score (nSPS) is 20.7. The molecule has 1 amide bonds. The van der Waals surface area contributed by atoms with Gasteiger partial charge in [0.2, 0.25) is 6.23 Å². The van der Waals surface area contributed by atoms with Gasteiger partial charge in [0.25, 0.3) is 5.91 Å². The SMILES string of the molecule is CN1C(c2ccc(OC(F)(F)F)cc2)=NOC1CCCOc1ccc(S(=O)(=O)C2(C(=O)NO)CCN(C3CC3)CC2)cc1. The first-order valence-corrected chi connectivity index (χ1v) is 15.4. The Kier molecular flexibility index (Phi) is 8.77. The van der Waals surface area contributed by atoms with Crippen molar-refractivity contribution in [2.75, 3.05) is 26.7 Å². The van der Waals surface area contributed by atoms with Crippen molar-refractivity contribution < 1.29 is 45.9 Å². The van der Waals surface area contributed by atoms with Crippen LogP contribution in [-0.2, 0) is 19.5 Å². The van der Waals surface area contributed by atoms with E-state index < -0.39 is 33.1 Å². The number of piperidine rings is 1. The Morgan fingerprint density at radius 2 is 1.72 bits per heavy atom. The number of benzene rings is 2. The van der Waals surface area contributed by atoms with Crippen molar-refractivity contribution in [2.24, 2.45) is 5.16 Å². The number of hydroxylamine groups is 1. The van der Waals surface area contributed by atoms with Gasteiger partial charge in [-0.2, -0.15) is 0 Å². The predicted molar refractivity (Wildman–Crippen MR) is 147 cm³/mol.